The average molecular weight is 420 g/mol. The van der Waals surface area contributed by atoms with E-state index in [9.17, 15) is 14.4 Å². The number of aromatic nitrogens is 1. The van der Waals surface area contributed by atoms with Crippen LogP contribution in [0.25, 0.3) is 6.08 Å². The number of rotatable bonds is 2. The summed E-state index contributed by atoms with van der Waals surface area (Å²) in [5, 5.41) is 0. The Hall–Kier alpha value is -3.86. The molecule has 1 aromatic heterocycles. The highest BCUT2D eigenvalue weighted by Gasteiger charge is 2.71. The number of para-hydroxylation sites is 1. The lowest BCUT2D eigenvalue weighted by Crippen LogP contribution is -2.48. The molecule has 0 N–H and O–H groups in total. The smallest absolute Gasteiger partial charge is 0.180 e. The lowest BCUT2D eigenvalue weighted by molar-refractivity contribution is -0.118. The molecule has 1 spiro atoms. The number of anilines is 1. The summed E-state index contributed by atoms with van der Waals surface area (Å²) in [4.78, 5) is 47.8. The molecule has 2 aliphatic heterocycles. The van der Waals surface area contributed by atoms with Crippen LogP contribution in [0.4, 0.5) is 5.69 Å². The summed E-state index contributed by atoms with van der Waals surface area (Å²) in [5.74, 6) is -1.16. The zero-order valence-corrected chi connectivity index (χ0v) is 17.4. The van der Waals surface area contributed by atoms with Gasteiger partial charge in [-0.2, -0.15) is 0 Å². The van der Waals surface area contributed by atoms with Gasteiger partial charge < -0.3 is 4.90 Å². The predicted octanol–water partition coefficient (Wildman–Crippen LogP) is 4.10. The Labute approximate surface area is 185 Å². The molecule has 156 valence electrons. The number of ketones is 3. The molecule has 2 aromatic carbocycles. The zero-order chi connectivity index (χ0) is 22.0. The number of hydrogen-bond acceptors (Lipinski definition) is 5. The van der Waals surface area contributed by atoms with E-state index >= 15 is 0 Å². The average Bonchev–Trinajstić information content (AvgIpc) is 3.27. The van der Waals surface area contributed by atoms with E-state index in [4.69, 9.17) is 0 Å². The summed E-state index contributed by atoms with van der Waals surface area (Å²) in [6.07, 6.45) is 7.23. The highest BCUT2D eigenvalue weighted by molar-refractivity contribution is 6.32. The Morgan fingerprint density at radius 1 is 0.938 bits per heavy atom. The normalized spacial score (nSPS) is 24.4. The summed E-state index contributed by atoms with van der Waals surface area (Å²) in [7, 11) is 0. The van der Waals surface area contributed by atoms with Crippen LogP contribution in [0.1, 0.15) is 44.7 Å². The van der Waals surface area contributed by atoms with Crippen LogP contribution in [0.5, 0.6) is 0 Å². The van der Waals surface area contributed by atoms with E-state index in [1.54, 1.807) is 49.6 Å². The summed E-state index contributed by atoms with van der Waals surface area (Å²) < 4.78 is 0. The first kappa shape index (κ1) is 18.9. The van der Waals surface area contributed by atoms with Crippen molar-refractivity contribution in [2.24, 2.45) is 5.41 Å². The first-order chi connectivity index (χ1) is 15.6. The predicted molar refractivity (Wildman–Crippen MR) is 121 cm³/mol. The van der Waals surface area contributed by atoms with Gasteiger partial charge in [0.15, 0.2) is 17.3 Å². The van der Waals surface area contributed by atoms with Crippen LogP contribution in [-0.2, 0) is 4.79 Å². The fourth-order valence-electron chi connectivity index (χ4n) is 6.00. The second-order valence-electron chi connectivity index (χ2n) is 8.66. The summed E-state index contributed by atoms with van der Waals surface area (Å²) in [6, 6.07) is 17.2. The lowest BCUT2D eigenvalue weighted by atomic mass is 9.64. The highest BCUT2D eigenvalue weighted by atomic mass is 16.2. The highest BCUT2D eigenvalue weighted by Crippen LogP contribution is 2.60. The molecule has 1 saturated heterocycles. The fourth-order valence-corrected chi connectivity index (χ4v) is 6.00. The molecule has 1 aliphatic carbocycles. The molecule has 3 heterocycles. The van der Waals surface area contributed by atoms with Crippen molar-refractivity contribution in [3.8, 4) is 0 Å². The second kappa shape index (κ2) is 6.57. The van der Waals surface area contributed by atoms with Gasteiger partial charge in [0.25, 0.3) is 0 Å². The Kier molecular flexibility index (Phi) is 3.87. The van der Waals surface area contributed by atoms with E-state index in [2.05, 4.69) is 4.98 Å². The van der Waals surface area contributed by atoms with E-state index in [1.807, 2.05) is 47.4 Å². The quantitative estimate of drug-likeness (QED) is 0.584. The van der Waals surface area contributed by atoms with Gasteiger partial charge in [0, 0.05) is 35.1 Å². The van der Waals surface area contributed by atoms with Crippen molar-refractivity contribution in [1.29, 1.82) is 0 Å². The lowest BCUT2D eigenvalue weighted by Gasteiger charge is -2.37. The third kappa shape index (κ3) is 2.18. The van der Waals surface area contributed by atoms with Crippen molar-refractivity contribution in [2.75, 3.05) is 4.90 Å². The van der Waals surface area contributed by atoms with Gasteiger partial charge in [-0.05, 0) is 30.2 Å². The van der Waals surface area contributed by atoms with Crippen LogP contribution in [0.2, 0.25) is 0 Å². The van der Waals surface area contributed by atoms with Crippen LogP contribution in [0, 0.1) is 5.41 Å². The molecular weight excluding hydrogens is 400 g/mol. The maximum Gasteiger partial charge on any atom is 0.180 e. The maximum absolute atomic E-state index is 14.1. The van der Waals surface area contributed by atoms with E-state index in [-0.39, 0.29) is 17.3 Å². The van der Waals surface area contributed by atoms with Gasteiger partial charge in [-0.25, -0.2) is 0 Å². The standard InChI is InChI=1S/C27H20N2O3/c1-16(30)24-23(18-8-6-14-28-15-18)27(25(31)19-9-3-4-10-20(19)26(27)32)22-13-12-17-7-2-5-11-21(17)29(22)24/h2-15,22-24H,1H3/t22-,23-,24+/m0/s1. The monoisotopic (exact) mass is 420 g/mol. The third-order valence-electron chi connectivity index (χ3n) is 7.17. The Morgan fingerprint density at radius 2 is 1.62 bits per heavy atom. The SMILES string of the molecule is CC(=O)[C@@H]1[C@H](c2cccnc2)C2(C(=O)c3ccccc3C2=O)[C@@H]2C=Cc3ccccc3N12. The third-order valence-corrected chi connectivity index (χ3v) is 7.17. The number of pyridine rings is 1. The molecule has 5 heteroatoms. The van der Waals surface area contributed by atoms with Crippen molar-refractivity contribution in [1.82, 2.24) is 4.98 Å². The topological polar surface area (TPSA) is 67.3 Å². The van der Waals surface area contributed by atoms with Crippen molar-refractivity contribution in [3.05, 3.63) is 101 Å². The van der Waals surface area contributed by atoms with Crippen molar-refractivity contribution >= 4 is 29.1 Å². The van der Waals surface area contributed by atoms with Crippen LogP contribution < -0.4 is 4.90 Å². The zero-order valence-electron chi connectivity index (χ0n) is 17.4. The van der Waals surface area contributed by atoms with Gasteiger partial charge in [0.05, 0.1) is 12.1 Å². The van der Waals surface area contributed by atoms with E-state index in [0.29, 0.717) is 11.1 Å². The number of benzene rings is 2. The Bertz CT molecular complexity index is 1290. The molecule has 0 unspecified atom stereocenters. The van der Waals surface area contributed by atoms with Gasteiger partial charge in [0.2, 0.25) is 0 Å². The molecule has 0 bridgehead atoms. The van der Waals surface area contributed by atoms with Gasteiger partial charge in [-0.3, -0.25) is 19.4 Å². The molecular formula is C27H20N2O3. The van der Waals surface area contributed by atoms with Crippen LogP contribution in [-0.4, -0.2) is 34.4 Å². The molecule has 3 atom stereocenters. The summed E-state index contributed by atoms with van der Waals surface area (Å²) in [5.41, 5.74) is 2.00. The number of Topliss-reactive ketones (excluding diaryl/α,β-unsaturated/α-hetero) is 3. The van der Waals surface area contributed by atoms with Crippen molar-refractivity contribution < 1.29 is 14.4 Å². The molecule has 1 fully saturated rings. The molecule has 3 aliphatic rings. The van der Waals surface area contributed by atoms with Crippen LogP contribution >= 0.6 is 0 Å². The van der Waals surface area contributed by atoms with E-state index < -0.39 is 23.4 Å². The minimum Gasteiger partial charge on any atom is -0.352 e. The number of fused-ring (bicyclic) bond motifs is 5. The second-order valence-corrected chi connectivity index (χ2v) is 8.66. The molecule has 6 rings (SSSR count). The van der Waals surface area contributed by atoms with Crippen molar-refractivity contribution in [2.45, 2.75) is 24.9 Å². The van der Waals surface area contributed by atoms with Crippen LogP contribution in [0.15, 0.2) is 79.1 Å². The van der Waals surface area contributed by atoms with Gasteiger partial charge in [-0.15, -0.1) is 0 Å². The largest absolute Gasteiger partial charge is 0.352 e. The van der Waals surface area contributed by atoms with Crippen LogP contribution in [0.3, 0.4) is 0 Å². The maximum atomic E-state index is 14.1. The van der Waals surface area contributed by atoms with E-state index in [1.165, 1.54) is 0 Å². The molecule has 0 radical (unpaired) electrons. The molecule has 32 heavy (non-hydrogen) atoms. The van der Waals surface area contributed by atoms with E-state index in [0.717, 1.165) is 16.8 Å². The van der Waals surface area contributed by atoms with Gasteiger partial charge >= 0.3 is 0 Å². The fraction of sp³-hybridized carbons (Fsp3) is 0.185. The first-order valence-corrected chi connectivity index (χ1v) is 10.7. The van der Waals surface area contributed by atoms with Gasteiger partial charge in [0.1, 0.15) is 5.41 Å². The summed E-state index contributed by atoms with van der Waals surface area (Å²) >= 11 is 0. The number of hydrogen-bond donors (Lipinski definition) is 0. The summed E-state index contributed by atoms with van der Waals surface area (Å²) in [6.45, 7) is 1.54. The number of nitrogens with zero attached hydrogens (tertiary/aromatic N) is 2. The Balaban J connectivity index is 1.69. The Morgan fingerprint density at radius 3 is 2.28 bits per heavy atom. The van der Waals surface area contributed by atoms with Gasteiger partial charge in [-0.1, -0.05) is 60.7 Å². The molecule has 5 nitrogen and oxygen atoms in total. The minimum absolute atomic E-state index is 0.0811. The molecule has 3 aromatic rings. The molecule has 0 amide bonds. The minimum atomic E-state index is -1.42. The van der Waals surface area contributed by atoms with Crippen molar-refractivity contribution in [3.63, 3.8) is 0 Å². The first-order valence-electron chi connectivity index (χ1n) is 10.7. The number of carbonyl (C=O) groups is 3. The molecule has 0 saturated carbocycles. The number of carbonyl (C=O) groups excluding carboxylic acids is 3.